The van der Waals surface area contributed by atoms with Gasteiger partial charge in [-0.1, -0.05) is 22.0 Å². The van der Waals surface area contributed by atoms with Crippen LogP contribution in [-0.4, -0.2) is 5.91 Å². The minimum atomic E-state index is -0.0951. The van der Waals surface area contributed by atoms with Crippen LogP contribution in [0.15, 0.2) is 45.3 Å². The summed E-state index contributed by atoms with van der Waals surface area (Å²) in [5.74, 6) is -0.0951. The molecule has 0 saturated heterocycles. The second-order valence-corrected chi connectivity index (χ2v) is 6.69. The van der Waals surface area contributed by atoms with Gasteiger partial charge in [0.2, 0.25) is 0 Å². The largest absolute Gasteiger partial charge is 0.322 e. The Labute approximate surface area is 134 Å². The predicted octanol–water partition coefficient (Wildman–Crippen LogP) is 4.95. The molecule has 0 radical (unpaired) electrons. The third-order valence-electron chi connectivity index (χ3n) is 3.53. The molecule has 0 fully saturated rings. The molecule has 0 unspecified atom stereocenters. The first-order chi connectivity index (χ1) is 9.63. The molecular formula is C16H13Br2NO. The molecule has 20 heavy (non-hydrogen) atoms. The van der Waals surface area contributed by atoms with Gasteiger partial charge in [-0.3, -0.25) is 4.79 Å². The van der Waals surface area contributed by atoms with Crippen molar-refractivity contribution >= 4 is 43.5 Å². The lowest BCUT2D eigenvalue weighted by molar-refractivity contribution is 0.102. The van der Waals surface area contributed by atoms with E-state index in [1.165, 1.54) is 17.5 Å². The summed E-state index contributed by atoms with van der Waals surface area (Å²) in [6.07, 6.45) is 3.48. The van der Waals surface area contributed by atoms with Gasteiger partial charge in [0.25, 0.3) is 5.91 Å². The van der Waals surface area contributed by atoms with E-state index < -0.39 is 0 Å². The average Bonchev–Trinajstić information content (AvgIpc) is 2.85. The minimum Gasteiger partial charge on any atom is -0.322 e. The van der Waals surface area contributed by atoms with Gasteiger partial charge in [0.1, 0.15) is 0 Å². The number of hydrogen-bond acceptors (Lipinski definition) is 1. The van der Waals surface area contributed by atoms with Crippen LogP contribution in [0, 0.1) is 0 Å². The third-order valence-corrected chi connectivity index (χ3v) is 4.68. The number of anilines is 1. The number of benzene rings is 2. The Morgan fingerprint density at radius 2 is 1.80 bits per heavy atom. The van der Waals surface area contributed by atoms with Crippen molar-refractivity contribution in [2.24, 2.45) is 0 Å². The summed E-state index contributed by atoms with van der Waals surface area (Å²) in [5.41, 5.74) is 4.27. The van der Waals surface area contributed by atoms with E-state index in [4.69, 9.17) is 0 Å². The normalized spacial score (nSPS) is 13.1. The lowest BCUT2D eigenvalue weighted by Crippen LogP contribution is -2.12. The molecule has 0 bridgehead atoms. The lowest BCUT2D eigenvalue weighted by Gasteiger charge is -2.09. The topological polar surface area (TPSA) is 29.1 Å². The van der Waals surface area contributed by atoms with Crippen LogP contribution < -0.4 is 5.32 Å². The first-order valence-corrected chi connectivity index (χ1v) is 8.10. The maximum absolute atomic E-state index is 12.3. The van der Waals surface area contributed by atoms with E-state index in [0.717, 1.165) is 27.5 Å². The Morgan fingerprint density at radius 1 is 1.00 bits per heavy atom. The summed E-state index contributed by atoms with van der Waals surface area (Å²) in [6.45, 7) is 0. The summed E-state index contributed by atoms with van der Waals surface area (Å²) in [7, 11) is 0. The second kappa shape index (κ2) is 5.70. The number of nitrogens with one attached hydrogen (secondary N) is 1. The summed E-state index contributed by atoms with van der Waals surface area (Å²) >= 11 is 6.80. The van der Waals surface area contributed by atoms with E-state index in [0.29, 0.717) is 5.56 Å². The Kier molecular flexibility index (Phi) is 3.94. The van der Waals surface area contributed by atoms with Gasteiger partial charge in [-0.15, -0.1) is 0 Å². The maximum Gasteiger partial charge on any atom is 0.256 e. The number of carbonyl (C=O) groups is 1. The van der Waals surface area contributed by atoms with E-state index in [2.05, 4.69) is 49.3 Å². The lowest BCUT2D eigenvalue weighted by atomic mass is 10.1. The second-order valence-electron chi connectivity index (χ2n) is 4.92. The van der Waals surface area contributed by atoms with Gasteiger partial charge in [0.15, 0.2) is 0 Å². The average molecular weight is 395 g/mol. The molecule has 0 atom stereocenters. The number of hydrogen-bond donors (Lipinski definition) is 1. The van der Waals surface area contributed by atoms with Crippen LogP contribution in [0.4, 0.5) is 5.69 Å². The van der Waals surface area contributed by atoms with Crippen molar-refractivity contribution in [1.82, 2.24) is 0 Å². The highest BCUT2D eigenvalue weighted by Gasteiger charge is 2.14. The summed E-state index contributed by atoms with van der Waals surface area (Å²) < 4.78 is 1.73. The van der Waals surface area contributed by atoms with Crippen molar-refractivity contribution in [2.45, 2.75) is 19.3 Å². The minimum absolute atomic E-state index is 0.0951. The molecule has 0 aromatic heterocycles. The van der Waals surface area contributed by atoms with Crippen molar-refractivity contribution < 1.29 is 4.79 Å². The van der Waals surface area contributed by atoms with Gasteiger partial charge in [-0.05, 0) is 76.7 Å². The summed E-state index contributed by atoms with van der Waals surface area (Å²) in [6, 6.07) is 11.7. The van der Waals surface area contributed by atoms with E-state index in [-0.39, 0.29) is 5.91 Å². The molecule has 0 aliphatic heterocycles. The van der Waals surface area contributed by atoms with Crippen LogP contribution in [0.25, 0.3) is 0 Å². The van der Waals surface area contributed by atoms with Crippen LogP contribution >= 0.6 is 31.9 Å². The smallest absolute Gasteiger partial charge is 0.256 e. The first kappa shape index (κ1) is 13.8. The fourth-order valence-electron chi connectivity index (χ4n) is 2.52. The van der Waals surface area contributed by atoms with Gasteiger partial charge in [0.05, 0.1) is 5.56 Å². The molecule has 0 saturated carbocycles. The number of aryl methyl sites for hydroxylation is 2. The molecule has 2 nitrogen and oxygen atoms in total. The molecule has 1 amide bonds. The molecule has 102 valence electrons. The van der Waals surface area contributed by atoms with E-state index in [1.54, 1.807) is 6.07 Å². The maximum atomic E-state index is 12.3. The zero-order valence-corrected chi connectivity index (χ0v) is 13.9. The zero-order chi connectivity index (χ0) is 14.1. The predicted molar refractivity (Wildman–Crippen MR) is 88.3 cm³/mol. The standard InChI is InChI=1S/C16H13Br2NO/c17-12-5-7-14(15(18)9-12)16(20)19-13-6-4-10-2-1-3-11(10)8-13/h4-9H,1-3H2,(H,19,20). The molecule has 0 spiro atoms. The van der Waals surface area contributed by atoms with Crippen molar-refractivity contribution in [2.75, 3.05) is 5.32 Å². The zero-order valence-electron chi connectivity index (χ0n) is 10.7. The van der Waals surface area contributed by atoms with Crippen LogP contribution in [0.5, 0.6) is 0 Å². The summed E-state index contributed by atoms with van der Waals surface area (Å²) in [4.78, 5) is 12.3. The van der Waals surface area contributed by atoms with E-state index in [9.17, 15) is 4.79 Å². The monoisotopic (exact) mass is 393 g/mol. The molecular weight excluding hydrogens is 382 g/mol. The van der Waals surface area contributed by atoms with Crippen LogP contribution in [0.2, 0.25) is 0 Å². The third kappa shape index (κ3) is 2.81. The van der Waals surface area contributed by atoms with E-state index >= 15 is 0 Å². The Morgan fingerprint density at radius 3 is 2.60 bits per heavy atom. The Balaban J connectivity index is 1.82. The van der Waals surface area contributed by atoms with Gasteiger partial charge in [-0.25, -0.2) is 0 Å². The van der Waals surface area contributed by atoms with Crippen molar-refractivity contribution in [1.29, 1.82) is 0 Å². The highest BCUT2D eigenvalue weighted by atomic mass is 79.9. The number of halogens is 2. The van der Waals surface area contributed by atoms with Crippen molar-refractivity contribution in [3.8, 4) is 0 Å². The summed E-state index contributed by atoms with van der Waals surface area (Å²) in [5, 5.41) is 2.96. The highest BCUT2D eigenvalue weighted by molar-refractivity contribution is 9.11. The van der Waals surface area contributed by atoms with Crippen molar-refractivity contribution in [3.63, 3.8) is 0 Å². The number of carbonyl (C=O) groups excluding carboxylic acids is 1. The SMILES string of the molecule is O=C(Nc1ccc2c(c1)CCC2)c1ccc(Br)cc1Br. The molecule has 2 aromatic carbocycles. The van der Waals surface area contributed by atoms with Gasteiger partial charge >= 0.3 is 0 Å². The molecule has 2 aromatic rings. The Hall–Kier alpha value is -1.13. The van der Waals surface area contributed by atoms with Crippen LogP contribution in [-0.2, 0) is 12.8 Å². The fraction of sp³-hybridized carbons (Fsp3) is 0.188. The molecule has 4 heteroatoms. The number of fused-ring (bicyclic) bond motifs is 1. The molecule has 1 N–H and O–H groups in total. The molecule has 0 heterocycles. The highest BCUT2D eigenvalue weighted by Crippen LogP contribution is 2.26. The van der Waals surface area contributed by atoms with Crippen LogP contribution in [0.1, 0.15) is 27.9 Å². The molecule has 1 aliphatic rings. The quantitative estimate of drug-likeness (QED) is 0.766. The van der Waals surface area contributed by atoms with Crippen molar-refractivity contribution in [3.05, 3.63) is 62.0 Å². The van der Waals surface area contributed by atoms with Gasteiger partial charge < -0.3 is 5.32 Å². The Bertz CT molecular complexity index is 682. The number of rotatable bonds is 2. The van der Waals surface area contributed by atoms with Crippen LogP contribution in [0.3, 0.4) is 0 Å². The number of amides is 1. The fourth-order valence-corrected chi connectivity index (χ4v) is 3.75. The van der Waals surface area contributed by atoms with Gasteiger partial charge in [0, 0.05) is 14.6 Å². The molecule has 1 aliphatic carbocycles. The van der Waals surface area contributed by atoms with E-state index in [1.807, 2.05) is 18.2 Å². The first-order valence-electron chi connectivity index (χ1n) is 6.52. The van der Waals surface area contributed by atoms with Gasteiger partial charge in [-0.2, -0.15) is 0 Å². The molecule has 3 rings (SSSR count).